The van der Waals surface area contributed by atoms with E-state index in [1.807, 2.05) is 18.2 Å². The van der Waals surface area contributed by atoms with Gasteiger partial charge in [-0.1, -0.05) is 19.9 Å². The van der Waals surface area contributed by atoms with Gasteiger partial charge in [0.1, 0.15) is 19.0 Å². The van der Waals surface area contributed by atoms with Crippen LogP contribution in [0.3, 0.4) is 0 Å². The number of hydrogen-bond acceptors (Lipinski definition) is 5. The number of nitrogens with zero attached hydrogens (tertiary/aromatic N) is 1. The number of carbonyl (C=O) groups is 1. The number of sulfonamides is 1. The molecule has 1 heterocycles. The maximum atomic E-state index is 14.2. The van der Waals surface area contributed by atoms with E-state index in [1.54, 1.807) is 13.8 Å². The molecule has 0 spiro atoms. The third-order valence-electron chi connectivity index (χ3n) is 4.83. The number of carbonyl (C=O) groups excluding carboxylic acids is 1. The van der Waals surface area contributed by atoms with Gasteiger partial charge in [-0.2, -0.15) is 4.31 Å². The summed E-state index contributed by atoms with van der Waals surface area (Å²) in [4.78, 5) is 12.4. The van der Waals surface area contributed by atoms with Gasteiger partial charge in [-0.15, -0.1) is 0 Å². The zero-order valence-corrected chi connectivity index (χ0v) is 17.8. The number of rotatable bonds is 8. The third-order valence-corrected chi connectivity index (χ3v) is 6.88. The number of amides is 1. The van der Waals surface area contributed by atoms with Crippen LogP contribution in [-0.4, -0.2) is 51.5 Å². The first-order valence-electron chi connectivity index (χ1n) is 9.83. The topological polar surface area (TPSA) is 84.9 Å². The van der Waals surface area contributed by atoms with Crippen molar-refractivity contribution in [2.24, 2.45) is 0 Å². The Kier molecular flexibility index (Phi) is 6.94. The van der Waals surface area contributed by atoms with Crippen molar-refractivity contribution < 1.29 is 27.1 Å². The van der Waals surface area contributed by atoms with Gasteiger partial charge in [0, 0.05) is 19.6 Å². The third kappa shape index (κ3) is 4.73. The highest BCUT2D eigenvalue weighted by molar-refractivity contribution is 7.89. The minimum atomic E-state index is -3.79. The smallest absolute Gasteiger partial charge is 0.254 e. The van der Waals surface area contributed by atoms with Gasteiger partial charge in [0.25, 0.3) is 5.91 Å². The van der Waals surface area contributed by atoms with Crippen LogP contribution in [0.4, 0.5) is 4.39 Å². The van der Waals surface area contributed by atoms with Crippen molar-refractivity contribution in [1.82, 2.24) is 9.62 Å². The molecule has 1 N–H and O–H groups in total. The maximum absolute atomic E-state index is 14.2. The lowest BCUT2D eigenvalue weighted by Crippen LogP contribution is -2.31. The molecule has 0 aliphatic carbocycles. The highest BCUT2D eigenvalue weighted by atomic mass is 32.2. The summed E-state index contributed by atoms with van der Waals surface area (Å²) in [6.45, 7) is 5.26. The summed E-state index contributed by atoms with van der Waals surface area (Å²) in [7, 11) is -3.79. The Morgan fingerprint density at radius 1 is 1.07 bits per heavy atom. The molecule has 30 heavy (non-hydrogen) atoms. The first-order valence-corrected chi connectivity index (χ1v) is 11.3. The van der Waals surface area contributed by atoms with Gasteiger partial charge in [-0.05, 0) is 42.3 Å². The normalized spacial score (nSPS) is 13.3. The van der Waals surface area contributed by atoms with E-state index < -0.39 is 21.7 Å². The first kappa shape index (κ1) is 22.0. The number of fused-ring (bicyclic) bond motifs is 1. The highest BCUT2D eigenvalue weighted by Gasteiger charge is 2.24. The molecular weight excluding hydrogens is 411 g/mol. The molecule has 0 fully saturated rings. The molecule has 7 nitrogen and oxygen atoms in total. The number of hydrogen-bond donors (Lipinski definition) is 1. The van der Waals surface area contributed by atoms with Gasteiger partial charge in [-0.25, -0.2) is 12.8 Å². The van der Waals surface area contributed by atoms with Crippen LogP contribution in [0.2, 0.25) is 0 Å². The van der Waals surface area contributed by atoms with Gasteiger partial charge in [-0.3, -0.25) is 4.79 Å². The quantitative estimate of drug-likeness (QED) is 0.688. The lowest BCUT2D eigenvalue weighted by atomic mass is 10.1. The van der Waals surface area contributed by atoms with E-state index in [-0.39, 0.29) is 30.1 Å². The molecule has 162 valence electrons. The maximum Gasteiger partial charge on any atom is 0.254 e. The molecule has 2 aromatic carbocycles. The molecular formula is C21H25FN2O5S. The summed E-state index contributed by atoms with van der Waals surface area (Å²) in [6, 6.07) is 8.80. The number of nitrogens with one attached hydrogen (secondary N) is 1. The lowest BCUT2D eigenvalue weighted by molar-refractivity contribution is 0.0950. The molecule has 0 saturated carbocycles. The zero-order valence-electron chi connectivity index (χ0n) is 17.0. The number of halogens is 1. The summed E-state index contributed by atoms with van der Waals surface area (Å²) in [5.41, 5.74) is 0.628. The Bertz CT molecular complexity index is 1020. The molecule has 0 bridgehead atoms. The van der Waals surface area contributed by atoms with Crippen molar-refractivity contribution in [3.8, 4) is 11.5 Å². The van der Waals surface area contributed by atoms with E-state index in [0.29, 0.717) is 31.1 Å². The summed E-state index contributed by atoms with van der Waals surface area (Å²) in [5, 5.41) is 2.64. The van der Waals surface area contributed by atoms with E-state index in [0.717, 1.165) is 17.7 Å². The molecule has 1 aliphatic rings. The Morgan fingerprint density at radius 3 is 2.47 bits per heavy atom. The van der Waals surface area contributed by atoms with Crippen LogP contribution in [0.25, 0.3) is 0 Å². The summed E-state index contributed by atoms with van der Waals surface area (Å²) < 4.78 is 51.8. The van der Waals surface area contributed by atoms with Gasteiger partial charge in [0.05, 0.1) is 10.5 Å². The Balaban J connectivity index is 1.68. The van der Waals surface area contributed by atoms with E-state index in [2.05, 4.69) is 5.32 Å². The summed E-state index contributed by atoms with van der Waals surface area (Å²) >= 11 is 0. The van der Waals surface area contributed by atoms with Crippen molar-refractivity contribution in [2.45, 2.75) is 25.2 Å². The van der Waals surface area contributed by atoms with Crippen molar-refractivity contribution in [1.29, 1.82) is 0 Å². The fourth-order valence-electron chi connectivity index (χ4n) is 3.21. The standard InChI is InChI=1S/C21H25FN2O5S/c1-3-24(4-2)30(26,27)16-6-7-18(22)17(14-16)21(25)23-10-9-15-5-8-19-20(13-15)29-12-11-28-19/h5-8,13-14H,3-4,9-12H2,1-2H3,(H,23,25). The molecule has 9 heteroatoms. The van der Waals surface area contributed by atoms with E-state index >= 15 is 0 Å². The summed E-state index contributed by atoms with van der Waals surface area (Å²) in [6.07, 6.45) is 0.501. The van der Waals surface area contributed by atoms with Crippen LogP contribution in [0, 0.1) is 5.82 Å². The van der Waals surface area contributed by atoms with Crippen molar-refractivity contribution in [3.05, 3.63) is 53.3 Å². The second-order valence-corrected chi connectivity index (χ2v) is 8.65. The summed E-state index contributed by atoms with van der Waals surface area (Å²) in [5.74, 6) is -0.0975. The van der Waals surface area contributed by atoms with Gasteiger partial charge < -0.3 is 14.8 Å². The Labute approximate surface area is 175 Å². The van der Waals surface area contributed by atoms with Crippen LogP contribution in [0.5, 0.6) is 11.5 Å². The molecule has 0 saturated heterocycles. The van der Waals surface area contributed by atoms with Crippen molar-refractivity contribution in [2.75, 3.05) is 32.8 Å². The van der Waals surface area contributed by atoms with Gasteiger partial charge >= 0.3 is 0 Å². The molecule has 2 aromatic rings. The second kappa shape index (κ2) is 9.44. The first-order chi connectivity index (χ1) is 14.4. The van der Waals surface area contributed by atoms with E-state index in [9.17, 15) is 17.6 Å². The Morgan fingerprint density at radius 2 is 1.77 bits per heavy atom. The van der Waals surface area contributed by atoms with Crippen LogP contribution in [0.15, 0.2) is 41.3 Å². The van der Waals surface area contributed by atoms with E-state index in [1.165, 1.54) is 10.4 Å². The SMILES string of the molecule is CCN(CC)S(=O)(=O)c1ccc(F)c(C(=O)NCCc2ccc3c(c2)OCCO3)c1. The van der Waals surface area contributed by atoms with Crippen LogP contribution < -0.4 is 14.8 Å². The molecule has 3 rings (SSSR count). The minimum absolute atomic E-state index is 0.107. The minimum Gasteiger partial charge on any atom is -0.486 e. The van der Waals surface area contributed by atoms with Crippen molar-refractivity contribution in [3.63, 3.8) is 0 Å². The second-order valence-electron chi connectivity index (χ2n) is 6.71. The molecule has 0 aromatic heterocycles. The predicted octanol–water partition coefficient (Wildman–Crippen LogP) is 2.60. The molecule has 0 atom stereocenters. The lowest BCUT2D eigenvalue weighted by Gasteiger charge is -2.19. The highest BCUT2D eigenvalue weighted by Crippen LogP contribution is 2.30. The molecule has 0 unspecified atom stereocenters. The van der Waals surface area contributed by atoms with Gasteiger partial charge in [0.15, 0.2) is 11.5 Å². The number of benzene rings is 2. The van der Waals surface area contributed by atoms with Crippen LogP contribution in [-0.2, 0) is 16.4 Å². The fourth-order valence-corrected chi connectivity index (χ4v) is 4.70. The van der Waals surface area contributed by atoms with Crippen LogP contribution >= 0.6 is 0 Å². The average Bonchev–Trinajstić information content (AvgIpc) is 2.74. The van der Waals surface area contributed by atoms with Crippen LogP contribution in [0.1, 0.15) is 29.8 Å². The molecule has 0 radical (unpaired) electrons. The molecule has 1 aliphatic heterocycles. The Hall–Kier alpha value is -2.65. The molecule has 1 amide bonds. The number of ether oxygens (including phenoxy) is 2. The average molecular weight is 437 g/mol. The largest absolute Gasteiger partial charge is 0.486 e. The fraction of sp³-hybridized carbons (Fsp3) is 0.381. The van der Waals surface area contributed by atoms with Crippen molar-refractivity contribution >= 4 is 15.9 Å². The zero-order chi connectivity index (χ0) is 21.7. The monoisotopic (exact) mass is 436 g/mol. The van der Waals surface area contributed by atoms with E-state index in [4.69, 9.17) is 9.47 Å². The van der Waals surface area contributed by atoms with Gasteiger partial charge in [0.2, 0.25) is 10.0 Å². The predicted molar refractivity (Wildman–Crippen MR) is 110 cm³/mol.